The zero-order valence-electron chi connectivity index (χ0n) is 10.9. The first kappa shape index (κ1) is 14.2. The van der Waals surface area contributed by atoms with Gasteiger partial charge in [-0.05, 0) is 24.4 Å². The Morgan fingerprint density at radius 3 is 2.53 bits per heavy atom. The summed E-state index contributed by atoms with van der Waals surface area (Å²) in [7, 11) is 2.00. The molecule has 0 saturated heterocycles. The summed E-state index contributed by atoms with van der Waals surface area (Å²) in [6.07, 6.45) is 0. The van der Waals surface area contributed by atoms with Gasteiger partial charge in [-0.1, -0.05) is 26.8 Å². The van der Waals surface area contributed by atoms with Gasteiger partial charge in [0.2, 0.25) is 0 Å². The standard InChI is InChI=1S/C13H21NO2S/c1-9(2)12(11-6-5-7-17-11)14(4)8-10(3)13(15)16/h5-7,9-10,12H,8H2,1-4H3,(H,15,16). The van der Waals surface area contributed by atoms with Crippen molar-refractivity contribution < 1.29 is 9.90 Å². The number of carbonyl (C=O) groups is 1. The van der Waals surface area contributed by atoms with E-state index in [9.17, 15) is 4.79 Å². The van der Waals surface area contributed by atoms with E-state index in [1.165, 1.54) is 4.88 Å². The largest absolute Gasteiger partial charge is 0.481 e. The number of thiophene rings is 1. The third kappa shape index (κ3) is 3.82. The second-order valence-electron chi connectivity index (χ2n) is 4.88. The summed E-state index contributed by atoms with van der Waals surface area (Å²) < 4.78 is 0. The fourth-order valence-electron chi connectivity index (χ4n) is 2.14. The number of aliphatic carboxylic acids is 1. The van der Waals surface area contributed by atoms with Crippen molar-refractivity contribution in [3.8, 4) is 0 Å². The van der Waals surface area contributed by atoms with Crippen LogP contribution in [-0.2, 0) is 4.79 Å². The van der Waals surface area contributed by atoms with Crippen LogP contribution in [0.5, 0.6) is 0 Å². The highest BCUT2D eigenvalue weighted by atomic mass is 32.1. The Balaban J connectivity index is 2.75. The van der Waals surface area contributed by atoms with E-state index in [0.717, 1.165) is 0 Å². The zero-order chi connectivity index (χ0) is 13.0. The van der Waals surface area contributed by atoms with Crippen molar-refractivity contribution >= 4 is 17.3 Å². The van der Waals surface area contributed by atoms with Crippen LogP contribution >= 0.6 is 11.3 Å². The molecule has 2 atom stereocenters. The van der Waals surface area contributed by atoms with E-state index in [4.69, 9.17) is 5.11 Å². The summed E-state index contributed by atoms with van der Waals surface area (Å²) in [5.41, 5.74) is 0. The van der Waals surface area contributed by atoms with E-state index >= 15 is 0 Å². The molecule has 96 valence electrons. The lowest BCUT2D eigenvalue weighted by atomic mass is 10.00. The maximum atomic E-state index is 10.9. The summed E-state index contributed by atoms with van der Waals surface area (Å²) in [4.78, 5) is 14.3. The van der Waals surface area contributed by atoms with E-state index in [2.05, 4.69) is 30.2 Å². The van der Waals surface area contributed by atoms with Crippen molar-refractivity contribution in [2.24, 2.45) is 11.8 Å². The molecule has 4 heteroatoms. The summed E-state index contributed by atoms with van der Waals surface area (Å²) in [5.74, 6) is -0.591. The molecule has 1 aromatic heterocycles. The highest BCUT2D eigenvalue weighted by Gasteiger charge is 2.24. The molecule has 3 nitrogen and oxygen atoms in total. The van der Waals surface area contributed by atoms with E-state index in [1.54, 1.807) is 18.3 Å². The van der Waals surface area contributed by atoms with Crippen LogP contribution in [0.3, 0.4) is 0 Å². The average molecular weight is 255 g/mol. The Hall–Kier alpha value is -0.870. The molecular formula is C13H21NO2S. The number of carboxylic acids is 1. The molecule has 1 heterocycles. The second kappa shape index (κ2) is 6.17. The predicted molar refractivity (Wildman–Crippen MR) is 71.3 cm³/mol. The number of carboxylic acid groups (broad SMARTS) is 1. The third-order valence-corrected chi connectivity index (χ3v) is 3.87. The lowest BCUT2D eigenvalue weighted by Gasteiger charge is -2.31. The smallest absolute Gasteiger partial charge is 0.307 e. The van der Waals surface area contributed by atoms with Gasteiger partial charge in [0.15, 0.2) is 0 Å². The van der Waals surface area contributed by atoms with Gasteiger partial charge in [0.25, 0.3) is 0 Å². The fourth-order valence-corrected chi connectivity index (χ4v) is 3.20. The monoisotopic (exact) mass is 255 g/mol. The lowest BCUT2D eigenvalue weighted by Crippen LogP contribution is -2.34. The molecule has 0 spiro atoms. The van der Waals surface area contributed by atoms with Crippen LogP contribution in [0, 0.1) is 11.8 Å². The Labute approximate surface area is 107 Å². The molecule has 0 radical (unpaired) electrons. The van der Waals surface area contributed by atoms with Gasteiger partial charge >= 0.3 is 5.97 Å². The van der Waals surface area contributed by atoms with E-state index in [0.29, 0.717) is 18.5 Å². The van der Waals surface area contributed by atoms with Crippen LogP contribution in [0.25, 0.3) is 0 Å². The van der Waals surface area contributed by atoms with Gasteiger partial charge in [0.05, 0.1) is 5.92 Å². The molecule has 1 rings (SSSR count). The predicted octanol–water partition coefficient (Wildman–Crippen LogP) is 3.10. The van der Waals surface area contributed by atoms with Gasteiger partial charge in [-0.3, -0.25) is 9.69 Å². The topological polar surface area (TPSA) is 40.5 Å². The molecule has 0 aliphatic heterocycles. The summed E-state index contributed by atoms with van der Waals surface area (Å²) >= 11 is 1.73. The van der Waals surface area contributed by atoms with E-state index < -0.39 is 5.97 Å². The highest BCUT2D eigenvalue weighted by molar-refractivity contribution is 7.10. The molecule has 1 aromatic rings. The summed E-state index contributed by atoms with van der Waals surface area (Å²) in [5, 5.41) is 11.0. The van der Waals surface area contributed by atoms with Crippen molar-refractivity contribution in [2.45, 2.75) is 26.8 Å². The first-order chi connectivity index (χ1) is 7.93. The van der Waals surface area contributed by atoms with Crippen molar-refractivity contribution in [2.75, 3.05) is 13.6 Å². The Bertz CT molecular complexity index is 348. The molecule has 0 amide bonds. The Morgan fingerprint density at radius 2 is 2.12 bits per heavy atom. The Kier molecular flexibility index (Phi) is 5.15. The SMILES string of the molecule is CC(CN(C)C(c1cccs1)C(C)C)C(=O)O. The first-order valence-corrected chi connectivity index (χ1v) is 6.78. The van der Waals surface area contributed by atoms with Crippen molar-refractivity contribution in [1.82, 2.24) is 4.90 Å². The zero-order valence-corrected chi connectivity index (χ0v) is 11.7. The minimum Gasteiger partial charge on any atom is -0.481 e. The van der Waals surface area contributed by atoms with Crippen molar-refractivity contribution in [1.29, 1.82) is 0 Å². The Morgan fingerprint density at radius 1 is 1.47 bits per heavy atom. The summed E-state index contributed by atoms with van der Waals surface area (Å²) in [6, 6.07) is 4.47. The van der Waals surface area contributed by atoms with Crippen LogP contribution in [0.2, 0.25) is 0 Å². The maximum Gasteiger partial charge on any atom is 0.307 e. The van der Waals surface area contributed by atoms with Crippen molar-refractivity contribution in [3.63, 3.8) is 0 Å². The van der Waals surface area contributed by atoms with E-state index in [-0.39, 0.29) is 5.92 Å². The molecule has 0 aliphatic carbocycles. The fraction of sp³-hybridized carbons (Fsp3) is 0.615. The van der Waals surface area contributed by atoms with Crippen LogP contribution in [0.4, 0.5) is 0 Å². The van der Waals surface area contributed by atoms with Crippen LogP contribution in [0.1, 0.15) is 31.7 Å². The van der Waals surface area contributed by atoms with Gasteiger partial charge in [-0.2, -0.15) is 0 Å². The number of hydrogen-bond acceptors (Lipinski definition) is 3. The molecule has 1 N–H and O–H groups in total. The first-order valence-electron chi connectivity index (χ1n) is 5.90. The van der Waals surface area contributed by atoms with Gasteiger partial charge in [-0.15, -0.1) is 11.3 Å². The number of hydrogen-bond donors (Lipinski definition) is 1. The van der Waals surface area contributed by atoms with Crippen LogP contribution in [0.15, 0.2) is 17.5 Å². The lowest BCUT2D eigenvalue weighted by molar-refractivity contribution is -0.141. The van der Waals surface area contributed by atoms with Crippen LogP contribution < -0.4 is 0 Å². The second-order valence-corrected chi connectivity index (χ2v) is 5.86. The number of rotatable bonds is 6. The van der Waals surface area contributed by atoms with E-state index in [1.807, 2.05) is 13.1 Å². The quantitative estimate of drug-likeness (QED) is 0.849. The molecule has 0 fully saturated rings. The normalized spacial score (nSPS) is 15.2. The molecule has 0 aliphatic rings. The van der Waals surface area contributed by atoms with Crippen LogP contribution in [-0.4, -0.2) is 29.6 Å². The van der Waals surface area contributed by atoms with Gasteiger partial charge < -0.3 is 5.11 Å². The van der Waals surface area contributed by atoms with Gasteiger partial charge in [0.1, 0.15) is 0 Å². The van der Waals surface area contributed by atoms with Crippen molar-refractivity contribution in [3.05, 3.63) is 22.4 Å². The van der Waals surface area contributed by atoms with Gasteiger partial charge in [0, 0.05) is 17.5 Å². The molecule has 2 unspecified atom stereocenters. The third-order valence-electron chi connectivity index (χ3n) is 2.92. The minimum atomic E-state index is -0.731. The summed E-state index contributed by atoms with van der Waals surface area (Å²) in [6.45, 7) is 6.68. The molecule has 17 heavy (non-hydrogen) atoms. The van der Waals surface area contributed by atoms with Gasteiger partial charge in [-0.25, -0.2) is 0 Å². The molecule has 0 saturated carbocycles. The number of nitrogens with zero attached hydrogens (tertiary/aromatic N) is 1. The highest BCUT2D eigenvalue weighted by Crippen LogP contribution is 2.31. The minimum absolute atomic E-state index is 0.303. The molecule has 0 bridgehead atoms. The molecular weight excluding hydrogens is 234 g/mol. The maximum absolute atomic E-state index is 10.9. The molecule has 0 aromatic carbocycles. The average Bonchev–Trinajstić information content (AvgIpc) is 2.70.